The fraction of sp³-hybridized carbons (Fsp3) is 0.583. The molecule has 0 aliphatic carbocycles. The molecule has 0 atom stereocenters. The maximum atomic E-state index is 4.61. The van der Waals surface area contributed by atoms with Crippen molar-refractivity contribution in [2.45, 2.75) is 13.0 Å². The van der Waals surface area contributed by atoms with Gasteiger partial charge in [0.25, 0.3) is 0 Å². The molecule has 3 heterocycles. The molecule has 0 radical (unpaired) electrons. The summed E-state index contributed by atoms with van der Waals surface area (Å²) in [5, 5.41) is 3.41. The number of nitrogens with one attached hydrogen (secondary N) is 1. The Hall–Kier alpha value is -0.740. The zero-order valence-corrected chi connectivity index (χ0v) is 10.2. The lowest BCUT2D eigenvalue weighted by molar-refractivity contribution is 0.629. The fourth-order valence-corrected chi connectivity index (χ4v) is 3.23. The van der Waals surface area contributed by atoms with Crippen LogP contribution in [-0.4, -0.2) is 36.1 Å². The highest BCUT2D eigenvalue weighted by Gasteiger charge is 2.15. The van der Waals surface area contributed by atoms with E-state index in [2.05, 4.69) is 27.5 Å². The molecule has 1 N–H and O–H groups in total. The van der Waals surface area contributed by atoms with Crippen LogP contribution in [0.3, 0.4) is 0 Å². The summed E-state index contributed by atoms with van der Waals surface area (Å²) >= 11 is 2.05. The molecule has 3 nitrogen and oxygen atoms in total. The van der Waals surface area contributed by atoms with Crippen LogP contribution in [0.2, 0.25) is 0 Å². The van der Waals surface area contributed by atoms with Crippen molar-refractivity contribution in [3.63, 3.8) is 0 Å². The van der Waals surface area contributed by atoms with E-state index >= 15 is 0 Å². The van der Waals surface area contributed by atoms with Crippen LogP contribution in [0, 0.1) is 0 Å². The summed E-state index contributed by atoms with van der Waals surface area (Å²) < 4.78 is 0. The number of nitrogens with zero attached hydrogens (tertiary/aromatic N) is 2. The average molecular weight is 235 g/mol. The monoisotopic (exact) mass is 235 g/mol. The first-order chi connectivity index (χ1) is 7.93. The zero-order chi connectivity index (χ0) is 10.8. The summed E-state index contributed by atoms with van der Waals surface area (Å²) in [6.45, 7) is 4.38. The van der Waals surface area contributed by atoms with Gasteiger partial charge in [-0.2, -0.15) is 11.8 Å². The molecule has 2 aliphatic heterocycles. The molecule has 3 rings (SSSR count). The Labute approximate surface area is 101 Å². The highest BCUT2D eigenvalue weighted by atomic mass is 32.2. The Balaban J connectivity index is 1.84. The molecule has 86 valence electrons. The van der Waals surface area contributed by atoms with Gasteiger partial charge in [-0.3, -0.25) is 4.98 Å². The van der Waals surface area contributed by atoms with E-state index in [1.807, 2.05) is 11.8 Å². The quantitative estimate of drug-likeness (QED) is 0.794. The van der Waals surface area contributed by atoms with Gasteiger partial charge < -0.3 is 10.2 Å². The number of rotatable bonds is 1. The second-order valence-corrected chi connectivity index (χ2v) is 5.55. The Morgan fingerprint density at radius 1 is 1.31 bits per heavy atom. The lowest BCUT2D eigenvalue weighted by Crippen LogP contribution is -2.33. The van der Waals surface area contributed by atoms with Crippen LogP contribution >= 0.6 is 11.8 Å². The first-order valence-corrected chi connectivity index (χ1v) is 7.10. The maximum Gasteiger partial charge on any atom is 0.0556 e. The molecule has 1 saturated heterocycles. The molecule has 0 bridgehead atoms. The Morgan fingerprint density at radius 3 is 3.06 bits per heavy atom. The van der Waals surface area contributed by atoms with Gasteiger partial charge in [0, 0.05) is 49.8 Å². The van der Waals surface area contributed by atoms with Crippen molar-refractivity contribution in [1.29, 1.82) is 0 Å². The van der Waals surface area contributed by atoms with Crippen LogP contribution in [0.1, 0.15) is 11.3 Å². The summed E-state index contributed by atoms with van der Waals surface area (Å²) in [6, 6.07) is 2.32. The first-order valence-electron chi connectivity index (χ1n) is 5.95. The second kappa shape index (κ2) is 4.63. The van der Waals surface area contributed by atoms with E-state index in [0.29, 0.717) is 0 Å². The van der Waals surface area contributed by atoms with Gasteiger partial charge in [0.15, 0.2) is 0 Å². The Bertz CT molecular complexity index is 375. The lowest BCUT2D eigenvalue weighted by Gasteiger charge is -2.29. The predicted octanol–water partition coefficient (Wildman–Crippen LogP) is 1.28. The summed E-state index contributed by atoms with van der Waals surface area (Å²) in [7, 11) is 0. The Kier molecular flexibility index (Phi) is 3.02. The molecule has 0 spiro atoms. The van der Waals surface area contributed by atoms with Crippen molar-refractivity contribution < 1.29 is 0 Å². The van der Waals surface area contributed by atoms with Crippen LogP contribution in [0.25, 0.3) is 0 Å². The highest BCUT2D eigenvalue weighted by molar-refractivity contribution is 7.99. The molecule has 1 aromatic heterocycles. The molecule has 0 saturated carbocycles. The van der Waals surface area contributed by atoms with Crippen LogP contribution in [0.15, 0.2) is 12.3 Å². The fourth-order valence-electron chi connectivity index (χ4n) is 2.33. The molecule has 1 aromatic rings. The van der Waals surface area contributed by atoms with E-state index < -0.39 is 0 Å². The minimum Gasteiger partial charge on any atom is -0.369 e. The third kappa shape index (κ3) is 2.04. The van der Waals surface area contributed by atoms with Gasteiger partial charge in [-0.25, -0.2) is 0 Å². The number of hydrogen-bond acceptors (Lipinski definition) is 4. The van der Waals surface area contributed by atoms with Crippen molar-refractivity contribution in [3.05, 3.63) is 23.5 Å². The summed E-state index contributed by atoms with van der Waals surface area (Å²) in [6.07, 6.45) is 3.13. The van der Waals surface area contributed by atoms with Crippen LogP contribution < -0.4 is 10.2 Å². The second-order valence-electron chi connectivity index (χ2n) is 4.33. The number of thioether (sulfide) groups is 1. The molecule has 2 aliphatic rings. The van der Waals surface area contributed by atoms with Gasteiger partial charge in [-0.1, -0.05) is 0 Å². The number of pyridine rings is 1. The van der Waals surface area contributed by atoms with Crippen molar-refractivity contribution in [2.24, 2.45) is 0 Å². The van der Waals surface area contributed by atoms with E-state index in [1.165, 1.54) is 41.5 Å². The summed E-state index contributed by atoms with van der Waals surface area (Å²) in [5.41, 5.74) is 3.98. The maximum absolute atomic E-state index is 4.61. The van der Waals surface area contributed by atoms with Crippen molar-refractivity contribution in [2.75, 3.05) is 36.0 Å². The van der Waals surface area contributed by atoms with E-state index in [9.17, 15) is 0 Å². The molecular weight excluding hydrogens is 218 g/mol. The van der Waals surface area contributed by atoms with Crippen LogP contribution in [0.5, 0.6) is 0 Å². The zero-order valence-electron chi connectivity index (χ0n) is 9.41. The van der Waals surface area contributed by atoms with Crippen molar-refractivity contribution in [1.82, 2.24) is 10.3 Å². The van der Waals surface area contributed by atoms with Gasteiger partial charge >= 0.3 is 0 Å². The molecule has 0 aromatic carbocycles. The van der Waals surface area contributed by atoms with Gasteiger partial charge in [-0.05, 0) is 11.6 Å². The van der Waals surface area contributed by atoms with E-state index in [1.54, 1.807) is 0 Å². The summed E-state index contributed by atoms with van der Waals surface area (Å²) in [4.78, 5) is 7.06. The van der Waals surface area contributed by atoms with E-state index in [4.69, 9.17) is 0 Å². The van der Waals surface area contributed by atoms with Gasteiger partial charge in [0.2, 0.25) is 0 Å². The number of fused-ring (bicyclic) bond motifs is 1. The van der Waals surface area contributed by atoms with Gasteiger partial charge in [0.1, 0.15) is 0 Å². The normalized spacial score (nSPS) is 20.6. The van der Waals surface area contributed by atoms with Crippen molar-refractivity contribution in [3.8, 4) is 0 Å². The minimum atomic E-state index is 0.985. The van der Waals surface area contributed by atoms with Gasteiger partial charge in [-0.15, -0.1) is 0 Å². The minimum absolute atomic E-state index is 0.985. The smallest absolute Gasteiger partial charge is 0.0556 e. The molecule has 4 heteroatoms. The topological polar surface area (TPSA) is 28.2 Å². The molecule has 1 fully saturated rings. The average Bonchev–Trinajstić information content (AvgIpc) is 2.39. The summed E-state index contributed by atoms with van der Waals surface area (Å²) in [5.74, 6) is 2.49. The van der Waals surface area contributed by atoms with Gasteiger partial charge in [0.05, 0.1) is 11.9 Å². The number of hydrogen-bond donors (Lipinski definition) is 1. The van der Waals surface area contributed by atoms with E-state index in [0.717, 1.165) is 19.5 Å². The first kappa shape index (κ1) is 10.4. The van der Waals surface area contributed by atoms with Crippen LogP contribution in [0.4, 0.5) is 5.69 Å². The van der Waals surface area contributed by atoms with Crippen molar-refractivity contribution >= 4 is 17.4 Å². The Morgan fingerprint density at radius 2 is 2.19 bits per heavy atom. The SMILES string of the molecule is c1nc2c(cc1N1CCSCC1)CNCC2. The largest absolute Gasteiger partial charge is 0.369 e. The number of aromatic nitrogens is 1. The highest BCUT2D eigenvalue weighted by Crippen LogP contribution is 2.22. The molecule has 16 heavy (non-hydrogen) atoms. The predicted molar refractivity (Wildman–Crippen MR) is 69.2 cm³/mol. The van der Waals surface area contributed by atoms with E-state index in [-0.39, 0.29) is 0 Å². The molecular formula is C12H17N3S. The lowest BCUT2D eigenvalue weighted by atomic mass is 10.1. The molecule has 0 unspecified atom stereocenters. The third-order valence-electron chi connectivity index (χ3n) is 3.28. The van der Waals surface area contributed by atoms with Crippen LogP contribution in [-0.2, 0) is 13.0 Å². The standard InChI is InChI=1S/C12H17N3S/c1-2-13-8-10-7-11(9-14-12(1)10)15-3-5-16-6-4-15/h7,9,13H,1-6,8H2. The third-order valence-corrected chi connectivity index (χ3v) is 4.22. The molecule has 0 amide bonds. The number of anilines is 1.